The lowest BCUT2D eigenvalue weighted by Crippen LogP contribution is -2.49. The molecule has 1 fully saturated rings. The molecule has 2 aromatic carbocycles. The molecule has 1 N–H and O–H groups in total. The number of carbonyl (C=O) groups excluding carboxylic acids is 1. The zero-order chi connectivity index (χ0) is 16.9. The zero-order valence-electron chi connectivity index (χ0n) is 13.2. The number of carbonyl (C=O) groups is 1. The number of piperazine rings is 1. The first-order valence-corrected chi connectivity index (χ1v) is 8.26. The maximum atomic E-state index is 13.2. The molecule has 3 rings (SSSR count). The number of benzene rings is 2. The second kappa shape index (κ2) is 7.64. The molecule has 1 aliphatic rings. The van der Waals surface area contributed by atoms with Crippen LogP contribution in [0.4, 0.5) is 14.9 Å². The van der Waals surface area contributed by atoms with E-state index in [1.807, 2.05) is 12.1 Å². The van der Waals surface area contributed by atoms with Crippen LogP contribution in [0.5, 0.6) is 0 Å². The van der Waals surface area contributed by atoms with Crippen molar-refractivity contribution >= 4 is 23.3 Å². The largest absolute Gasteiger partial charge is 0.322 e. The summed E-state index contributed by atoms with van der Waals surface area (Å²) in [4.78, 5) is 16.3. The van der Waals surface area contributed by atoms with Gasteiger partial charge in [-0.25, -0.2) is 9.18 Å². The van der Waals surface area contributed by atoms with Crippen LogP contribution in [-0.4, -0.2) is 42.0 Å². The molecule has 0 atom stereocenters. The summed E-state index contributed by atoms with van der Waals surface area (Å²) in [6.45, 7) is 3.50. The Hall–Kier alpha value is -2.11. The molecule has 2 aromatic rings. The molecular weight excluding hydrogens is 329 g/mol. The van der Waals surface area contributed by atoms with E-state index in [9.17, 15) is 9.18 Å². The van der Waals surface area contributed by atoms with Crippen molar-refractivity contribution in [3.8, 4) is 0 Å². The first-order valence-electron chi connectivity index (χ1n) is 7.88. The second-order valence-corrected chi connectivity index (χ2v) is 6.27. The highest BCUT2D eigenvalue weighted by Crippen LogP contribution is 2.16. The fraction of sp³-hybridized carbons (Fsp3) is 0.278. The van der Waals surface area contributed by atoms with Gasteiger partial charge in [0.15, 0.2) is 0 Å². The molecule has 24 heavy (non-hydrogen) atoms. The molecule has 0 aliphatic carbocycles. The van der Waals surface area contributed by atoms with Gasteiger partial charge in [0.1, 0.15) is 5.82 Å². The normalized spacial score (nSPS) is 15.3. The highest BCUT2D eigenvalue weighted by Gasteiger charge is 2.21. The highest BCUT2D eigenvalue weighted by molar-refractivity contribution is 6.30. The minimum absolute atomic E-state index is 0.123. The van der Waals surface area contributed by atoms with Crippen LogP contribution in [0.1, 0.15) is 5.56 Å². The molecule has 1 heterocycles. The number of hydrogen-bond donors (Lipinski definition) is 1. The molecule has 0 unspecified atom stereocenters. The van der Waals surface area contributed by atoms with E-state index in [-0.39, 0.29) is 11.8 Å². The predicted octanol–water partition coefficient (Wildman–Crippen LogP) is 3.83. The molecule has 0 spiro atoms. The Kier molecular flexibility index (Phi) is 5.33. The van der Waals surface area contributed by atoms with Crippen molar-refractivity contribution in [3.05, 3.63) is 64.9 Å². The van der Waals surface area contributed by atoms with E-state index >= 15 is 0 Å². The summed E-state index contributed by atoms with van der Waals surface area (Å²) in [5.74, 6) is -0.216. The molecule has 6 heteroatoms. The number of halogens is 2. The summed E-state index contributed by atoms with van der Waals surface area (Å²) >= 11 is 5.92. The minimum Gasteiger partial charge on any atom is -0.322 e. The summed E-state index contributed by atoms with van der Waals surface area (Å²) in [7, 11) is 0. The SMILES string of the molecule is O=C(Nc1cccc(Cl)c1)N1CCN(Cc2cccc(F)c2)CC1. The first-order chi connectivity index (χ1) is 11.6. The summed E-state index contributed by atoms with van der Waals surface area (Å²) in [6, 6.07) is 13.6. The Bertz CT molecular complexity index is 717. The van der Waals surface area contributed by atoms with E-state index in [1.54, 1.807) is 35.2 Å². The van der Waals surface area contributed by atoms with Gasteiger partial charge in [-0.2, -0.15) is 0 Å². The van der Waals surface area contributed by atoms with Crippen molar-refractivity contribution in [2.24, 2.45) is 0 Å². The number of hydrogen-bond acceptors (Lipinski definition) is 2. The summed E-state index contributed by atoms with van der Waals surface area (Å²) in [5.41, 5.74) is 1.64. The Labute approximate surface area is 145 Å². The Morgan fingerprint density at radius 3 is 2.54 bits per heavy atom. The van der Waals surface area contributed by atoms with E-state index in [4.69, 9.17) is 11.6 Å². The Morgan fingerprint density at radius 2 is 1.83 bits per heavy atom. The summed E-state index contributed by atoms with van der Waals surface area (Å²) in [5, 5.41) is 3.45. The Morgan fingerprint density at radius 1 is 1.08 bits per heavy atom. The average molecular weight is 348 g/mol. The quantitative estimate of drug-likeness (QED) is 0.916. The molecule has 0 bridgehead atoms. The fourth-order valence-corrected chi connectivity index (χ4v) is 2.96. The lowest BCUT2D eigenvalue weighted by molar-refractivity contribution is 0.143. The van der Waals surface area contributed by atoms with Gasteiger partial charge in [-0.15, -0.1) is 0 Å². The van der Waals surface area contributed by atoms with Crippen molar-refractivity contribution in [1.29, 1.82) is 0 Å². The summed E-state index contributed by atoms with van der Waals surface area (Å²) < 4.78 is 13.2. The van der Waals surface area contributed by atoms with Crippen LogP contribution in [0.25, 0.3) is 0 Å². The molecule has 0 aromatic heterocycles. The fourth-order valence-electron chi connectivity index (χ4n) is 2.77. The smallest absolute Gasteiger partial charge is 0.321 e. The minimum atomic E-state index is -0.216. The van der Waals surface area contributed by atoms with Gasteiger partial charge >= 0.3 is 6.03 Å². The van der Waals surface area contributed by atoms with Gasteiger partial charge in [0.05, 0.1) is 0 Å². The third kappa shape index (κ3) is 4.46. The van der Waals surface area contributed by atoms with Gasteiger partial charge in [0, 0.05) is 43.4 Å². The van der Waals surface area contributed by atoms with Crippen LogP contribution in [0.3, 0.4) is 0 Å². The zero-order valence-corrected chi connectivity index (χ0v) is 14.0. The van der Waals surface area contributed by atoms with Crippen molar-refractivity contribution in [3.63, 3.8) is 0 Å². The molecule has 1 saturated heterocycles. The highest BCUT2D eigenvalue weighted by atomic mass is 35.5. The Balaban J connectivity index is 1.50. The molecule has 4 nitrogen and oxygen atoms in total. The van der Waals surface area contributed by atoms with E-state index in [0.29, 0.717) is 30.3 Å². The number of amides is 2. The van der Waals surface area contributed by atoms with E-state index < -0.39 is 0 Å². The molecule has 2 amide bonds. The van der Waals surface area contributed by atoms with Gasteiger partial charge < -0.3 is 10.2 Å². The second-order valence-electron chi connectivity index (χ2n) is 5.83. The topological polar surface area (TPSA) is 35.6 Å². The predicted molar refractivity (Wildman–Crippen MR) is 93.7 cm³/mol. The van der Waals surface area contributed by atoms with Crippen LogP contribution in [0.15, 0.2) is 48.5 Å². The van der Waals surface area contributed by atoms with E-state index in [0.717, 1.165) is 18.7 Å². The van der Waals surface area contributed by atoms with Crippen LogP contribution < -0.4 is 5.32 Å². The van der Waals surface area contributed by atoms with Gasteiger partial charge in [0.2, 0.25) is 0 Å². The van der Waals surface area contributed by atoms with Gasteiger partial charge in [-0.05, 0) is 35.9 Å². The molecular formula is C18H19ClFN3O. The van der Waals surface area contributed by atoms with Crippen LogP contribution in [-0.2, 0) is 6.54 Å². The molecule has 126 valence electrons. The van der Waals surface area contributed by atoms with Crippen LogP contribution >= 0.6 is 11.6 Å². The average Bonchev–Trinajstić information content (AvgIpc) is 2.55. The van der Waals surface area contributed by atoms with Crippen molar-refractivity contribution in [2.45, 2.75) is 6.54 Å². The van der Waals surface area contributed by atoms with Gasteiger partial charge in [0.25, 0.3) is 0 Å². The van der Waals surface area contributed by atoms with E-state index in [2.05, 4.69) is 10.2 Å². The molecule has 0 saturated carbocycles. The summed E-state index contributed by atoms with van der Waals surface area (Å²) in [6.07, 6.45) is 0. The van der Waals surface area contributed by atoms with Crippen molar-refractivity contribution in [2.75, 3.05) is 31.5 Å². The molecule has 1 aliphatic heterocycles. The number of nitrogens with zero attached hydrogens (tertiary/aromatic N) is 2. The lowest BCUT2D eigenvalue weighted by atomic mass is 10.2. The maximum Gasteiger partial charge on any atom is 0.321 e. The third-order valence-corrected chi connectivity index (χ3v) is 4.27. The standard InChI is InChI=1S/C18H19ClFN3O/c19-15-4-2-6-17(12-15)21-18(24)23-9-7-22(8-10-23)13-14-3-1-5-16(20)11-14/h1-6,11-12H,7-10,13H2,(H,21,24). The monoisotopic (exact) mass is 347 g/mol. The lowest BCUT2D eigenvalue weighted by Gasteiger charge is -2.34. The van der Waals surface area contributed by atoms with Crippen molar-refractivity contribution < 1.29 is 9.18 Å². The van der Waals surface area contributed by atoms with Gasteiger partial charge in [-0.1, -0.05) is 29.8 Å². The number of rotatable bonds is 3. The van der Waals surface area contributed by atoms with E-state index in [1.165, 1.54) is 6.07 Å². The maximum absolute atomic E-state index is 13.2. The molecule has 0 radical (unpaired) electrons. The third-order valence-electron chi connectivity index (χ3n) is 4.03. The first kappa shape index (κ1) is 16.7. The van der Waals surface area contributed by atoms with Gasteiger partial charge in [-0.3, -0.25) is 4.90 Å². The number of anilines is 1. The number of urea groups is 1. The van der Waals surface area contributed by atoms with Crippen LogP contribution in [0, 0.1) is 5.82 Å². The number of nitrogens with one attached hydrogen (secondary N) is 1. The van der Waals surface area contributed by atoms with Crippen molar-refractivity contribution in [1.82, 2.24) is 9.80 Å². The van der Waals surface area contributed by atoms with Crippen LogP contribution in [0.2, 0.25) is 5.02 Å².